The summed E-state index contributed by atoms with van der Waals surface area (Å²) in [5.41, 5.74) is -0.0957. The third-order valence-electron chi connectivity index (χ3n) is 3.33. The zero-order chi connectivity index (χ0) is 13.7. The minimum atomic E-state index is -0.620. The Hall–Kier alpha value is -1.49. The van der Waals surface area contributed by atoms with Gasteiger partial charge in [-0.05, 0) is 37.9 Å². The molecule has 1 aromatic rings. The van der Waals surface area contributed by atoms with E-state index in [2.05, 4.69) is 10.6 Å². The third-order valence-corrected chi connectivity index (χ3v) is 3.33. The van der Waals surface area contributed by atoms with Crippen molar-refractivity contribution >= 4 is 11.6 Å². The van der Waals surface area contributed by atoms with Crippen LogP contribution in [0.5, 0.6) is 0 Å². The van der Waals surface area contributed by atoms with Crippen molar-refractivity contribution in [1.29, 1.82) is 0 Å². The zero-order valence-corrected chi connectivity index (χ0v) is 10.7. The van der Waals surface area contributed by atoms with Crippen molar-refractivity contribution in [3.05, 3.63) is 29.8 Å². The van der Waals surface area contributed by atoms with Gasteiger partial charge < -0.3 is 10.6 Å². The summed E-state index contributed by atoms with van der Waals surface area (Å²) in [5.74, 6) is -1.46. The molecule has 19 heavy (non-hydrogen) atoms. The first-order valence-corrected chi connectivity index (χ1v) is 6.63. The summed E-state index contributed by atoms with van der Waals surface area (Å²) < 4.78 is 26.3. The highest BCUT2D eigenvalue weighted by Gasteiger charge is 2.15. The summed E-state index contributed by atoms with van der Waals surface area (Å²) in [6.07, 6.45) is 4.47. The van der Waals surface area contributed by atoms with Crippen molar-refractivity contribution in [3.8, 4) is 0 Å². The minimum Gasteiger partial charge on any atom is -0.324 e. The number of rotatable bonds is 4. The fourth-order valence-corrected chi connectivity index (χ4v) is 2.28. The number of piperidine rings is 1. The van der Waals surface area contributed by atoms with E-state index in [1.54, 1.807) is 0 Å². The van der Waals surface area contributed by atoms with Gasteiger partial charge in [0.15, 0.2) is 0 Å². The molecule has 1 amide bonds. The maximum atomic E-state index is 13.3. The maximum absolute atomic E-state index is 13.3. The van der Waals surface area contributed by atoms with Crippen molar-refractivity contribution in [2.45, 2.75) is 38.1 Å². The second-order valence-corrected chi connectivity index (χ2v) is 4.86. The van der Waals surface area contributed by atoms with Gasteiger partial charge >= 0.3 is 0 Å². The molecule has 0 saturated carbocycles. The summed E-state index contributed by atoms with van der Waals surface area (Å²) >= 11 is 0. The second-order valence-electron chi connectivity index (χ2n) is 4.86. The van der Waals surface area contributed by atoms with E-state index in [0.29, 0.717) is 12.5 Å². The number of hydrogen-bond donors (Lipinski definition) is 2. The molecule has 0 aliphatic carbocycles. The Morgan fingerprint density at radius 1 is 1.37 bits per heavy atom. The molecule has 1 aliphatic rings. The van der Waals surface area contributed by atoms with E-state index in [1.165, 1.54) is 12.8 Å². The molecule has 2 rings (SSSR count). The molecule has 1 heterocycles. The molecule has 0 spiro atoms. The number of anilines is 1. The Labute approximate surface area is 111 Å². The Morgan fingerprint density at radius 2 is 2.21 bits per heavy atom. The van der Waals surface area contributed by atoms with E-state index < -0.39 is 11.6 Å². The number of benzene rings is 1. The average molecular weight is 268 g/mol. The van der Waals surface area contributed by atoms with Crippen molar-refractivity contribution < 1.29 is 13.6 Å². The van der Waals surface area contributed by atoms with Crippen LogP contribution in [-0.2, 0) is 4.79 Å². The number of halogens is 2. The van der Waals surface area contributed by atoms with Gasteiger partial charge in [-0.3, -0.25) is 4.79 Å². The topological polar surface area (TPSA) is 41.1 Å². The zero-order valence-electron chi connectivity index (χ0n) is 10.7. The molecule has 1 saturated heterocycles. The number of hydrogen-bond acceptors (Lipinski definition) is 2. The molecule has 1 atom stereocenters. The molecule has 1 aromatic carbocycles. The normalized spacial score (nSPS) is 19.2. The van der Waals surface area contributed by atoms with Gasteiger partial charge in [-0.25, -0.2) is 8.78 Å². The van der Waals surface area contributed by atoms with Crippen LogP contribution >= 0.6 is 0 Å². The molecule has 3 nitrogen and oxygen atoms in total. The standard InChI is InChI=1S/C14H18F2N2O/c15-10-4-6-12(16)13(9-10)18-14(19)7-5-11-3-1-2-8-17-11/h4,6,9,11,17H,1-3,5,7-8H2,(H,18,19). The lowest BCUT2D eigenvalue weighted by atomic mass is 10.0. The highest BCUT2D eigenvalue weighted by molar-refractivity contribution is 5.90. The monoisotopic (exact) mass is 268 g/mol. The number of carbonyl (C=O) groups excluding carboxylic acids is 1. The lowest BCUT2D eigenvalue weighted by Crippen LogP contribution is -2.34. The van der Waals surface area contributed by atoms with Crippen LogP contribution in [0, 0.1) is 11.6 Å². The molecule has 0 aromatic heterocycles. The largest absolute Gasteiger partial charge is 0.324 e. The Balaban J connectivity index is 1.81. The first-order valence-electron chi connectivity index (χ1n) is 6.63. The van der Waals surface area contributed by atoms with Gasteiger partial charge in [-0.1, -0.05) is 6.42 Å². The second kappa shape index (κ2) is 6.61. The van der Waals surface area contributed by atoms with Gasteiger partial charge in [-0.15, -0.1) is 0 Å². The van der Waals surface area contributed by atoms with Crippen molar-refractivity contribution in [3.63, 3.8) is 0 Å². The molecule has 104 valence electrons. The van der Waals surface area contributed by atoms with Gasteiger partial charge in [0.05, 0.1) is 5.69 Å². The lowest BCUT2D eigenvalue weighted by molar-refractivity contribution is -0.116. The van der Waals surface area contributed by atoms with Gasteiger partial charge in [0, 0.05) is 18.5 Å². The van der Waals surface area contributed by atoms with Crippen LogP contribution in [0.15, 0.2) is 18.2 Å². The summed E-state index contributed by atoms with van der Waals surface area (Å²) in [5, 5.41) is 5.75. The van der Waals surface area contributed by atoms with Crippen LogP contribution in [0.25, 0.3) is 0 Å². The predicted octanol–water partition coefficient (Wildman–Crippen LogP) is 2.83. The number of nitrogens with one attached hydrogen (secondary N) is 2. The Bertz CT molecular complexity index is 445. The van der Waals surface area contributed by atoms with Gasteiger partial charge in [0.25, 0.3) is 0 Å². The highest BCUT2D eigenvalue weighted by atomic mass is 19.1. The quantitative estimate of drug-likeness (QED) is 0.881. The van der Waals surface area contributed by atoms with Gasteiger partial charge in [-0.2, -0.15) is 0 Å². The third kappa shape index (κ3) is 4.28. The summed E-state index contributed by atoms with van der Waals surface area (Å²) in [6.45, 7) is 0.991. The predicted molar refractivity (Wildman–Crippen MR) is 69.9 cm³/mol. The van der Waals surface area contributed by atoms with Crippen LogP contribution < -0.4 is 10.6 Å². The van der Waals surface area contributed by atoms with Crippen molar-refractivity contribution in [2.75, 3.05) is 11.9 Å². The fraction of sp³-hybridized carbons (Fsp3) is 0.500. The van der Waals surface area contributed by atoms with Crippen LogP contribution in [0.1, 0.15) is 32.1 Å². The lowest BCUT2D eigenvalue weighted by Gasteiger charge is -2.23. The molecule has 0 bridgehead atoms. The highest BCUT2D eigenvalue weighted by Crippen LogP contribution is 2.17. The van der Waals surface area contributed by atoms with Crippen molar-refractivity contribution in [1.82, 2.24) is 5.32 Å². The molecule has 5 heteroatoms. The minimum absolute atomic E-state index is 0.0957. The Morgan fingerprint density at radius 3 is 2.95 bits per heavy atom. The average Bonchev–Trinajstić information content (AvgIpc) is 2.42. The molecule has 1 unspecified atom stereocenters. The smallest absolute Gasteiger partial charge is 0.224 e. The fourth-order valence-electron chi connectivity index (χ4n) is 2.28. The van der Waals surface area contributed by atoms with E-state index in [9.17, 15) is 13.6 Å². The van der Waals surface area contributed by atoms with E-state index in [-0.39, 0.29) is 11.6 Å². The van der Waals surface area contributed by atoms with Crippen LogP contribution in [0.2, 0.25) is 0 Å². The summed E-state index contributed by atoms with van der Waals surface area (Å²) in [7, 11) is 0. The Kier molecular flexibility index (Phi) is 4.85. The van der Waals surface area contributed by atoms with Crippen LogP contribution in [0.3, 0.4) is 0 Å². The van der Waals surface area contributed by atoms with E-state index in [4.69, 9.17) is 0 Å². The summed E-state index contributed by atoms with van der Waals surface area (Å²) in [4.78, 5) is 11.7. The molecular weight excluding hydrogens is 250 g/mol. The van der Waals surface area contributed by atoms with Crippen LogP contribution in [-0.4, -0.2) is 18.5 Å². The van der Waals surface area contributed by atoms with Gasteiger partial charge in [0.1, 0.15) is 11.6 Å². The number of amides is 1. The molecule has 1 aliphatic heterocycles. The first kappa shape index (κ1) is 13.9. The van der Waals surface area contributed by atoms with Crippen LogP contribution in [0.4, 0.5) is 14.5 Å². The first-order chi connectivity index (χ1) is 9.15. The van der Waals surface area contributed by atoms with Crippen molar-refractivity contribution in [2.24, 2.45) is 0 Å². The summed E-state index contributed by atoms with van der Waals surface area (Å²) in [6, 6.07) is 3.38. The van der Waals surface area contributed by atoms with E-state index >= 15 is 0 Å². The van der Waals surface area contributed by atoms with Gasteiger partial charge in [0.2, 0.25) is 5.91 Å². The molecule has 0 radical (unpaired) electrons. The maximum Gasteiger partial charge on any atom is 0.224 e. The number of carbonyl (C=O) groups is 1. The van der Waals surface area contributed by atoms with E-state index in [0.717, 1.165) is 37.6 Å². The van der Waals surface area contributed by atoms with E-state index in [1.807, 2.05) is 0 Å². The molecule has 1 fully saturated rings. The molecule has 2 N–H and O–H groups in total. The SMILES string of the molecule is O=C(CCC1CCCCN1)Nc1cc(F)ccc1F. The molecular formula is C14H18F2N2O.